The lowest BCUT2D eigenvalue weighted by Gasteiger charge is -2.09. The molecule has 1 aromatic heterocycles. The van der Waals surface area contributed by atoms with Crippen LogP contribution in [0, 0.1) is 0 Å². The molecule has 0 aliphatic heterocycles. The molecule has 0 radical (unpaired) electrons. The van der Waals surface area contributed by atoms with Crippen LogP contribution in [0.25, 0.3) is 0 Å². The van der Waals surface area contributed by atoms with E-state index >= 15 is 0 Å². The van der Waals surface area contributed by atoms with Crippen LogP contribution in [0.5, 0.6) is 11.6 Å². The van der Waals surface area contributed by atoms with Crippen molar-refractivity contribution >= 4 is 5.91 Å². The van der Waals surface area contributed by atoms with Crippen molar-refractivity contribution in [3.63, 3.8) is 0 Å². The minimum Gasteiger partial charge on any atom is -0.436 e. The Morgan fingerprint density at radius 3 is 2.72 bits per heavy atom. The van der Waals surface area contributed by atoms with Gasteiger partial charge in [0, 0.05) is 18.0 Å². The van der Waals surface area contributed by atoms with Gasteiger partial charge in [-0.1, -0.05) is 18.2 Å². The summed E-state index contributed by atoms with van der Waals surface area (Å²) < 4.78 is 5.46. The van der Waals surface area contributed by atoms with Crippen molar-refractivity contribution in [3.8, 4) is 11.6 Å². The van der Waals surface area contributed by atoms with Gasteiger partial charge < -0.3 is 15.6 Å². The number of hydrogen-bond acceptors (Lipinski definition) is 5. The monoisotopic (exact) mass is 245 g/mol. The van der Waals surface area contributed by atoms with Crippen LogP contribution < -0.4 is 10.5 Å². The molecular weight excluding hydrogens is 234 g/mol. The highest BCUT2D eigenvalue weighted by atomic mass is 16.5. The van der Waals surface area contributed by atoms with Gasteiger partial charge in [-0.15, -0.1) is 0 Å². The summed E-state index contributed by atoms with van der Waals surface area (Å²) in [5, 5.41) is 9.17. The lowest BCUT2D eigenvalue weighted by molar-refractivity contribution is 0.0992. The van der Waals surface area contributed by atoms with E-state index in [4.69, 9.17) is 15.6 Å². The van der Waals surface area contributed by atoms with Crippen LogP contribution in [-0.4, -0.2) is 21.0 Å². The molecule has 1 aromatic carbocycles. The zero-order valence-electron chi connectivity index (χ0n) is 9.41. The zero-order chi connectivity index (χ0) is 13.0. The number of rotatable bonds is 4. The number of aromatic nitrogens is 2. The summed E-state index contributed by atoms with van der Waals surface area (Å²) in [6.07, 6.45) is 2.74. The highest BCUT2D eigenvalue weighted by molar-refractivity contribution is 5.92. The minimum atomic E-state index is -0.723. The van der Waals surface area contributed by atoms with Gasteiger partial charge in [-0.05, 0) is 6.07 Å². The van der Waals surface area contributed by atoms with Crippen molar-refractivity contribution in [1.82, 2.24) is 9.97 Å². The normalized spacial score (nSPS) is 10.1. The minimum absolute atomic E-state index is 0.0194. The molecule has 3 N–H and O–H groups in total. The number of primary amides is 1. The molecule has 1 heterocycles. The van der Waals surface area contributed by atoms with Crippen LogP contribution in [0.4, 0.5) is 0 Å². The van der Waals surface area contributed by atoms with E-state index in [-0.39, 0.29) is 18.2 Å². The smallest absolute Gasteiger partial charge is 0.272 e. The van der Waals surface area contributed by atoms with Crippen LogP contribution in [-0.2, 0) is 6.61 Å². The summed E-state index contributed by atoms with van der Waals surface area (Å²) in [6, 6.07) is 6.87. The van der Waals surface area contributed by atoms with Crippen molar-refractivity contribution in [2.24, 2.45) is 5.73 Å². The third-order valence-corrected chi connectivity index (χ3v) is 2.25. The van der Waals surface area contributed by atoms with Gasteiger partial charge in [0.2, 0.25) is 0 Å². The van der Waals surface area contributed by atoms with Gasteiger partial charge in [0.05, 0.1) is 6.61 Å². The molecule has 2 aromatic rings. The SMILES string of the molecule is NC(=O)c1nccnc1Oc1ccccc1CO. The average molecular weight is 245 g/mol. The molecule has 6 heteroatoms. The molecule has 2 rings (SSSR count). The highest BCUT2D eigenvalue weighted by Crippen LogP contribution is 2.25. The summed E-state index contributed by atoms with van der Waals surface area (Å²) in [4.78, 5) is 18.9. The lowest BCUT2D eigenvalue weighted by Crippen LogP contribution is -2.15. The maximum Gasteiger partial charge on any atom is 0.272 e. The molecule has 92 valence electrons. The first-order chi connectivity index (χ1) is 8.72. The zero-order valence-corrected chi connectivity index (χ0v) is 9.41. The van der Waals surface area contributed by atoms with Crippen molar-refractivity contribution in [2.75, 3.05) is 0 Å². The third kappa shape index (κ3) is 2.44. The van der Waals surface area contributed by atoms with Crippen LogP contribution in [0.1, 0.15) is 16.1 Å². The topological polar surface area (TPSA) is 98.3 Å². The third-order valence-electron chi connectivity index (χ3n) is 2.25. The Morgan fingerprint density at radius 1 is 1.28 bits per heavy atom. The molecule has 0 spiro atoms. The van der Waals surface area contributed by atoms with Gasteiger partial charge in [-0.2, -0.15) is 0 Å². The second kappa shape index (κ2) is 5.24. The van der Waals surface area contributed by atoms with E-state index in [1.807, 2.05) is 0 Å². The Kier molecular flexibility index (Phi) is 3.49. The van der Waals surface area contributed by atoms with E-state index in [0.717, 1.165) is 0 Å². The Morgan fingerprint density at radius 2 is 2.00 bits per heavy atom. The van der Waals surface area contributed by atoms with Gasteiger partial charge in [-0.3, -0.25) is 4.79 Å². The second-order valence-electron chi connectivity index (χ2n) is 3.44. The van der Waals surface area contributed by atoms with Gasteiger partial charge >= 0.3 is 0 Å². The fourth-order valence-electron chi connectivity index (χ4n) is 1.41. The predicted octanol–water partition coefficient (Wildman–Crippen LogP) is 0.860. The second-order valence-corrected chi connectivity index (χ2v) is 3.44. The van der Waals surface area contributed by atoms with E-state index in [1.165, 1.54) is 12.4 Å². The molecule has 0 unspecified atom stereocenters. The number of benzene rings is 1. The molecule has 0 saturated heterocycles. The number of carbonyl (C=O) groups excluding carboxylic acids is 1. The van der Waals surface area contributed by atoms with Crippen molar-refractivity contribution in [2.45, 2.75) is 6.61 Å². The molecule has 0 aliphatic carbocycles. The van der Waals surface area contributed by atoms with E-state index < -0.39 is 5.91 Å². The van der Waals surface area contributed by atoms with Gasteiger partial charge in [0.1, 0.15) is 5.75 Å². The maximum absolute atomic E-state index is 11.2. The number of ether oxygens (including phenoxy) is 1. The summed E-state index contributed by atoms with van der Waals surface area (Å²) in [7, 11) is 0. The van der Waals surface area contributed by atoms with E-state index in [0.29, 0.717) is 11.3 Å². The number of aliphatic hydroxyl groups excluding tert-OH is 1. The van der Waals surface area contributed by atoms with Crippen LogP contribution >= 0.6 is 0 Å². The summed E-state index contributed by atoms with van der Waals surface area (Å²) in [5.74, 6) is -0.298. The number of hydrogen-bond donors (Lipinski definition) is 2. The Labute approximate surface area is 103 Å². The first-order valence-electron chi connectivity index (χ1n) is 5.20. The van der Waals surface area contributed by atoms with E-state index in [1.54, 1.807) is 24.3 Å². The van der Waals surface area contributed by atoms with Crippen molar-refractivity contribution < 1.29 is 14.6 Å². The summed E-state index contributed by atoms with van der Waals surface area (Å²) >= 11 is 0. The molecule has 0 aliphatic rings. The van der Waals surface area contributed by atoms with Crippen molar-refractivity contribution in [1.29, 1.82) is 0 Å². The van der Waals surface area contributed by atoms with E-state index in [2.05, 4.69) is 9.97 Å². The van der Waals surface area contributed by atoms with Gasteiger partial charge in [0.15, 0.2) is 5.69 Å². The average Bonchev–Trinajstić information content (AvgIpc) is 2.40. The summed E-state index contributed by atoms with van der Waals surface area (Å²) in [6.45, 7) is -0.178. The number of amides is 1. The molecule has 0 atom stereocenters. The van der Waals surface area contributed by atoms with Crippen LogP contribution in [0.15, 0.2) is 36.7 Å². The van der Waals surface area contributed by atoms with Crippen LogP contribution in [0.2, 0.25) is 0 Å². The maximum atomic E-state index is 11.2. The van der Waals surface area contributed by atoms with Gasteiger partial charge in [0.25, 0.3) is 11.8 Å². The Balaban J connectivity index is 2.37. The Hall–Kier alpha value is -2.47. The first kappa shape index (κ1) is 12.0. The molecule has 18 heavy (non-hydrogen) atoms. The molecule has 6 nitrogen and oxygen atoms in total. The lowest BCUT2D eigenvalue weighted by atomic mass is 10.2. The molecule has 0 bridgehead atoms. The molecular formula is C12H11N3O3. The van der Waals surface area contributed by atoms with E-state index in [9.17, 15) is 4.79 Å². The summed E-state index contributed by atoms with van der Waals surface area (Å²) in [5.41, 5.74) is 5.70. The largest absolute Gasteiger partial charge is 0.436 e. The standard InChI is InChI=1S/C12H11N3O3/c13-11(17)10-12(15-6-5-14-10)18-9-4-2-1-3-8(9)7-16/h1-6,16H,7H2,(H2,13,17). The van der Waals surface area contributed by atoms with Gasteiger partial charge in [-0.25, -0.2) is 9.97 Å². The highest BCUT2D eigenvalue weighted by Gasteiger charge is 2.14. The van der Waals surface area contributed by atoms with Crippen LogP contribution in [0.3, 0.4) is 0 Å². The van der Waals surface area contributed by atoms with Crippen molar-refractivity contribution in [3.05, 3.63) is 47.9 Å². The number of aliphatic hydroxyl groups is 1. The number of nitrogens with zero attached hydrogens (tertiary/aromatic N) is 2. The first-order valence-corrected chi connectivity index (χ1v) is 5.20. The number of carbonyl (C=O) groups is 1. The predicted molar refractivity (Wildman–Crippen MR) is 63.0 cm³/mol. The number of nitrogens with two attached hydrogens (primary N) is 1. The fraction of sp³-hybridized carbons (Fsp3) is 0.0833. The quantitative estimate of drug-likeness (QED) is 0.832. The Bertz CT molecular complexity index is 572. The molecule has 0 saturated carbocycles. The molecule has 0 fully saturated rings. The molecule has 1 amide bonds. The number of para-hydroxylation sites is 1. The fourth-order valence-corrected chi connectivity index (χ4v) is 1.41.